The number of nitrogens with one attached hydrogen (secondary N) is 1. The summed E-state index contributed by atoms with van der Waals surface area (Å²) in [4.78, 5) is 14.1. The van der Waals surface area contributed by atoms with Crippen LogP contribution in [0.4, 0.5) is 0 Å². The Labute approximate surface area is 115 Å². The van der Waals surface area contributed by atoms with Gasteiger partial charge in [0.1, 0.15) is 0 Å². The van der Waals surface area contributed by atoms with Crippen molar-refractivity contribution in [2.24, 2.45) is 5.41 Å². The van der Waals surface area contributed by atoms with Gasteiger partial charge in [0.05, 0.1) is 17.5 Å². The Kier molecular flexibility index (Phi) is 6.26. The smallest absolute Gasteiger partial charge is 0.237 e. The van der Waals surface area contributed by atoms with Gasteiger partial charge in [-0.25, -0.2) is 0 Å². The first-order valence-corrected chi connectivity index (χ1v) is 6.94. The van der Waals surface area contributed by atoms with Gasteiger partial charge >= 0.3 is 0 Å². The van der Waals surface area contributed by atoms with E-state index in [1.807, 2.05) is 13.8 Å². The lowest BCUT2D eigenvalue weighted by atomic mass is 9.81. The highest BCUT2D eigenvalue weighted by Gasteiger charge is 2.33. The van der Waals surface area contributed by atoms with Crippen LogP contribution in [0.25, 0.3) is 0 Å². The fraction of sp³-hybridized carbons (Fsp3) is 0.857. The SMILES string of the molecule is COCCCNC(=O)C(C)N1CCC(C)(C#N)CC1. The second kappa shape index (κ2) is 7.46. The van der Waals surface area contributed by atoms with Gasteiger partial charge in [-0.15, -0.1) is 0 Å². The molecule has 0 saturated carbocycles. The molecule has 19 heavy (non-hydrogen) atoms. The Morgan fingerprint density at radius 1 is 1.53 bits per heavy atom. The van der Waals surface area contributed by atoms with Crippen LogP contribution in [0.3, 0.4) is 0 Å². The van der Waals surface area contributed by atoms with E-state index in [0.717, 1.165) is 32.4 Å². The van der Waals surface area contributed by atoms with Crippen molar-refractivity contribution in [3.05, 3.63) is 0 Å². The molecule has 0 aromatic rings. The third-order valence-corrected chi connectivity index (χ3v) is 3.92. The number of rotatable bonds is 6. The Morgan fingerprint density at radius 2 is 2.16 bits per heavy atom. The van der Waals surface area contributed by atoms with Gasteiger partial charge < -0.3 is 10.1 Å². The highest BCUT2D eigenvalue weighted by molar-refractivity contribution is 5.81. The minimum Gasteiger partial charge on any atom is -0.385 e. The number of amides is 1. The maximum Gasteiger partial charge on any atom is 0.237 e. The third-order valence-electron chi connectivity index (χ3n) is 3.92. The summed E-state index contributed by atoms with van der Waals surface area (Å²) in [5.41, 5.74) is -0.217. The third kappa shape index (κ3) is 4.81. The van der Waals surface area contributed by atoms with Crippen LogP contribution in [0.2, 0.25) is 0 Å². The van der Waals surface area contributed by atoms with Crippen molar-refractivity contribution in [1.82, 2.24) is 10.2 Å². The van der Waals surface area contributed by atoms with Crippen LogP contribution in [0.15, 0.2) is 0 Å². The number of carbonyl (C=O) groups is 1. The number of ether oxygens (including phenoxy) is 1. The standard InChI is InChI=1S/C14H25N3O2/c1-12(13(18)16-7-4-10-19-3)17-8-5-14(2,11-15)6-9-17/h12H,4-10H2,1-3H3,(H,16,18). The highest BCUT2D eigenvalue weighted by Crippen LogP contribution is 2.30. The van der Waals surface area contributed by atoms with Crippen molar-refractivity contribution in [1.29, 1.82) is 5.26 Å². The summed E-state index contributed by atoms with van der Waals surface area (Å²) in [5.74, 6) is 0.0664. The molecule has 1 unspecified atom stereocenters. The van der Waals surface area contributed by atoms with Gasteiger partial charge in [0.15, 0.2) is 0 Å². The summed E-state index contributed by atoms with van der Waals surface area (Å²) in [6, 6.07) is 2.26. The Balaban J connectivity index is 2.32. The minimum absolute atomic E-state index is 0.0664. The monoisotopic (exact) mass is 267 g/mol. The molecule has 108 valence electrons. The van der Waals surface area contributed by atoms with E-state index in [9.17, 15) is 4.79 Å². The fourth-order valence-electron chi connectivity index (χ4n) is 2.26. The van der Waals surface area contributed by atoms with Crippen molar-refractivity contribution < 1.29 is 9.53 Å². The maximum atomic E-state index is 12.0. The first-order chi connectivity index (χ1) is 9.02. The molecule has 0 bridgehead atoms. The quantitative estimate of drug-likeness (QED) is 0.733. The molecule has 0 radical (unpaired) electrons. The molecule has 1 aliphatic rings. The molecule has 5 heteroatoms. The van der Waals surface area contributed by atoms with Gasteiger partial charge in [0.25, 0.3) is 0 Å². The van der Waals surface area contributed by atoms with Gasteiger partial charge in [-0.2, -0.15) is 5.26 Å². The molecule has 1 aliphatic heterocycles. The Hall–Kier alpha value is -1.12. The number of piperidine rings is 1. The zero-order valence-electron chi connectivity index (χ0n) is 12.2. The van der Waals surface area contributed by atoms with Crippen molar-refractivity contribution >= 4 is 5.91 Å². The van der Waals surface area contributed by atoms with E-state index >= 15 is 0 Å². The Morgan fingerprint density at radius 3 is 2.68 bits per heavy atom. The summed E-state index contributed by atoms with van der Waals surface area (Å²) in [7, 11) is 1.66. The van der Waals surface area contributed by atoms with E-state index in [0.29, 0.717) is 13.2 Å². The largest absolute Gasteiger partial charge is 0.385 e. The lowest BCUT2D eigenvalue weighted by molar-refractivity contribution is -0.126. The van der Waals surface area contributed by atoms with Crippen molar-refractivity contribution in [3.63, 3.8) is 0 Å². The molecule has 1 heterocycles. The second-order valence-corrected chi connectivity index (χ2v) is 5.52. The lowest BCUT2D eigenvalue weighted by Crippen LogP contribution is -2.49. The van der Waals surface area contributed by atoms with Crippen LogP contribution in [0.5, 0.6) is 0 Å². The van der Waals surface area contributed by atoms with Crippen LogP contribution >= 0.6 is 0 Å². The number of nitriles is 1. The lowest BCUT2D eigenvalue weighted by Gasteiger charge is -2.37. The molecule has 0 spiro atoms. The molecule has 0 aliphatic carbocycles. The number of carbonyl (C=O) groups excluding carboxylic acids is 1. The average Bonchev–Trinajstić information content (AvgIpc) is 2.43. The van der Waals surface area contributed by atoms with Gasteiger partial charge in [0.2, 0.25) is 5.91 Å². The molecule has 5 nitrogen and oxygen atoms in total. The van der Waals surface area contributed by atoms with E-state index in [-0.39, 0.29) is 17.4 Å². The van der Waals surface area contributed by atoms with Gasteiger partial charge in [-0.05, 0) is 33.1 Å². The molecular weight excluding hydrogens is 242 g/mol. The van der Waals surface area contributed by atoms with E-state index in [1.165, 1.54) is 0 Å². The van der Waals surface area contributed by atoms with E-state index in [4.69, 9.17) is 10.00 Å². The maximum absolute atomic E-state index is 12.0. The van der Waals surface area contributed by atoms with Gasteiger partial charge in [-0.1, -0.05) is 0 Å². The average molecular weight is 267 g/mol. The van der Waals surface area contributed by atoms with Crippen LogP contribution in [0.1, 0.15) is 33.1 Å². The minimum atomic E-state index is -0.217. The zero-order valence-corrected chi connectivity index (χ0v) is 12.2. The van der Waals surface area contributed by atoms with Crippen molar-refractivity contribution in [2.75, 3.05) is 33.4 Å². The normalized spacial score (nSPS) is 20.5. The summed E-state index contributed by atoms with van der Waals surface area (Å²) < 4.78 is 4.94. The molecule has 1 saturated heterocycles. The molecule has 1 amide bonds. The van der Waals surface area contributed by atoms with Crippen LogP contribution in [-0.4, -0.2) is 50.2 Å². The zero-order chi connectivity index (χ0) is 14.3. The molecule has 1 atom stereocenters. The second-order valence-electron chi connectivity index (χ2n) is 5.52. The summed E-state index contributed by atoms with van der Waals surface area (Å²) >= 11 is 0. The number of nitrogens with zero attached hydrogens (tertiary/aromatic N) is 2. The topological polar surface area (TPSA) is 65.4 Å². The molecule has 1 fully saturated rings. The highest BCUT2D eigenvalue weighted by atomic mass is 16.5. The number of likely N-dealkylation sites (tertiary alicyclic amines) is 1. The van der Waals surface area contributed by atoms with Crippen LogP contribution in [-0.2, 0) is 9.53 Å². The van der Waals surface area contributed by atoms with Crippen molar-refractivity contribution in [3.8, 4) is 6.07 Å². The van der Waals surface area contributed by atoms with Crippen LogP contribution < -0.4 is 5.32 Å². The predicted octanol–water partition coefficient (Wildman–Crippen LogP) is 1.15. The van der Waals surface area contributed by atoms with E-state index < -0.39 is 0 Å². The number of hydrogen-bond acceptors (Lipinski definition) is 4. The predicted molar refractivity (Wildman–Crippen MR) is 73.5 cm³/mol. The first kappa shape index (κ1) is 15.9. The summed E-state index contributed by atoms with van der Waals surface area (Å²) in [5, 5.41) is 12.0. The summed E-state index contributed by atoms with van der Waals surface area (Å²) in [6.07, 6.45) is 2.51. The van der Waals surface area contributed by atoms with E-state index in [2.05, 4.69) is 16.3 Å². The molecule has 1 N–H and O–H groups in total. The molecule has 0 aromatic heterocycles. The van der Waals surface area contributed by atoms with E-state index in [1.54, 1.807) is 7.11 Å². The van der Waals surface area contributed by atoms with Gasteiger partial charge in [-0.3, -0.25) is 9.69 Å². The summed E-state index contributed by atoms with van der Waals surface area (Å²) in [6.45, 7) is 6.88. The molecule has 1 rings (SSSR count). The first-order valence-electron chi connectivity index (χ1n) is 6.94. The fourth-order valence-corrected chi connectivity index (χ4v) is 2.26. The molecule has 0 aromatic carbocycles. The Bertz CT molecular complexity index is 330. The number of hydrogen-bond donors (Lipinski definition) is 1. The number of methoxy groups -OCH3 is 1. The van der Waals surface area contributed by atoms with Crippen LogP contribution in [0, 0.1) is 16.7 Å². The van der Waals surface area contributed by atoms with Gasteiger partial charge in [0, 0.05) is 33.4 Å². The molecular formula is C14H25N3O2. The van der Waals surface area contributed by atoms with Crippen molar-refractivity contribution in [2.45, 2.75) is 39.2 Å².